The predicted molar refractivity (Wildman–Crippen MR) is 210 cm³/mol. The van der Waals surface area contributed by atoms with Gasteiger partial charge in [0.15, 0.2) is 0 Å². The molecule has 0 aliphatic carbocycles. The van der Waals surface area contributed by atoms with Crippen molar-refractivity contribution in [1.29, 1.82) is 0 Å². The molecule has 2 nitrogen and oxygen atoms in total. The Bertz CT molecular complexity index is 601. The topological polar surface area (TPSA) is 6.48 Å². The number of unbranched alkanes of at least 4 members (excludes halogenated alkanes) is 32. The number of nitrogens with zero attached hydrogens (tertiary/aromatic N) is 2. The average Bonchev–Trinajstić information content (AvgIpc) is 3.45. The summed E-state index contributed by atoms with van der Waals surface area (Å²) in [5.41, 5.74) is 0. The van der Waals surface area contributed by atoms with Crippen LogP contribution in [0.5, 0.6) is 0 Å². The van der Waals surface area contributed by atoms with Gasteiger partial charge in [0.1, 0.15) is 6.17 Å². The van der Waals surface area contributed by atoms with E-state index in [0.717, 1.165) is 0 Å². The molecule has 0 spiro atoms. The smallest absolute Gasteiger partial charge is 0.101 e. The van der Waals surface area contributed by atoms with E-state index in [2.05, 4.69) is 43.0 Å². The van der Waals surface area contributed by atoms with Crippen molar-refractivity contribution in [2.75, 3.05) is 13.1 Å². The first-order valence-electron chi connectivity index (χ1n) is 22.0. The molecule has 0 N–H and O–H groups in total. The van der Waals surface area contributed by atoms with E-state index in [9.17, 15) is 0 Å². The van der Waals surface area contributed by atoms with Crippen LogP contribution in [0.25, 0.3) is 0 Å². The molecule has 0 saturated heterocycles. The molecule has 1 unspecified atom stereocenters. The van der Waals surface area contributed by atoms with E-state index < -0.39 is 0 Å². The highest BCUT2D eigenvalue weighted by atomic mass is 15.4. The molecule has 0 aromatic heterocycles. The second-order valence-electron chi connectivity index (χ2n) is 15.4. The Morgan fingerprint density at radius 2 is 0.500 bits per heavy atom. The fourth-order valence-electron chi connectivity index (χ4n) is 7.60. The Morgan fingerprint density at radius 1 is 0.283 bits per heavy atom. The van der Waals surface area contributed by atoms with E-state index in [1.165, 1.54) is 244 Å². The lowest BCUT2D eigenvalue weighted by Crippen LogP contribution is -2.39. The van der Waals surface area contributed by atoms with Crippen LogP contribution in [-0.4, -0.2) is 29.1 Å². The SMILES string of the molecule is CCCCCCCCCCCCCCCCCN1C=CN(CCCCCCCCCCCCCC)C1CCCCCCCCCC. The zero-order valence-corrected chi connectivity index (χ0v) is 32.5. The van der Waals surface area contributed by atoms with Gasteiger partial charge in [0, 0.05) is 25.5 Å². The third kappa shape index (κ3) is 27.3. The summed E-state index contributed by atoms with van der Waals surface area (Å²) in [6.07, 6.45) is 57.4. The van der Waals surface area contributed by atoms with Crippen LogP contribution < -0.4 is 0 Å². The van der Waals surface area contributed by atoms with E-state index in [0.29, 0.717) is 6.17 Å². The Kier molecular flexibility index (Phi) is 33.6. The van der Waals surface area contributed by atoms with Crippen molar-refractivity contribution in [2.24, 2.45) is 0 Å². The van der Waals surface area contributed by atoms with Crippen molar-refractivity contribution in [3.63, 3.8) is 0 Å². The second kappa shape index (κ2) is 35.6. The fourth-order valence-corrected chi connectivity index (χ4v) is 7.60. The number of hydrogen-bond donors (Lipinski definition) is 0. The van der Waals surface area contributed by atoms with Crippen molar-refractivity contribution < 1.29 is 0 Å². The van der Waals surface area contributed by atoms with Crippen molar-refractivity contribution in [2.45, 2.75) is 258 Å². The van der Waals surface area contributed by atoms with Gasteiger partial charge in [0.25, 0.3) is 0 Å². The van der Waals surface area contributed by atoms with Crippen LogP contribution in [0.3, 0.4) is 0 Å². The predicted octanol–water partition coefficient (Wildman–Crippen LogP) is 15.5. The van der Waals surface area contributed by atoms with E-state index in [1.54, 1.807) is 0 Å². The normalized spacial score (nSPS) is 14.7. The maximum absolute atomic E-state index is 2.73. The number of hydrogen-bond acceptors (Lipinski definition) is 2. The lowest BCUT2D eigenvalue weighted by molar-refractivity contribution is 0.135. The van der Waals surface area contributed by atoms with Crippen molar-refractivity contribution in [3.05, 3.63) is 12.4 Å². The molecule has 0 aromatic carbocycles. The van der Waals surface area contributed by atoms with Gasteiger partial charge in [-0.2, -0.15) is 0 Å². The largest absolute Gasteiger partial charge is 0.356 e. The van der Waals surface area contributed by atoms with Crippen LogP contribution in [0.4, 0.5) is 0 Å². The molecule has 0 amide bonds. The van der Waals surface area contributed by atoms with Gasteiger partial charge in [-0.25, -0.2) is 0 Å². The van der Waals surface area contributed by atoms with Gasteiger partial charge in [0.05, 0.1) is 0 Å². The van der Waals surface area contributed by atoms with Crippen LogP contribution in [0, 0.1) is 0 Å². The molecular weight excluding hydrogens is 556 g/mol. The molecule has 0 bridgehead atoms. The minimum Gasteiger partial charge on any atom is -0.356 e. The first-order valence-corrected chi connectivity index (χ1v) is 22.0. The molecule has 1 aliphatic rings. The van der Waals surface area contributed by atoms with Gasteiger partial charge in [-0.1, -0.05) is 226 Å². The van der Waals surface area contributed by atoms with Crippen LogP contribution in [0.2, 0.25) is 0 Å². The van der Waals surface area contributed by atoms with E-state index in [-0.39, 0.29) is 0 Å². The summed E-state index contributed by atoms with van der Waals surface area (Å²) in [6.45, 7) is 9.49. The Balaban J connectivity index is 2.17. The maximum atomic E-state index is 2.73. The van der Waals surface area contributed by atoms with Gasteiger partial charge < -0.3 is 9.80 Å². The Labute approximate surface area is 292 Å². The minimum absolute atomic E-state index is 0.638. The van der Waals surface area contributed by atoms with E-state index in [4.69, 9.17) is 0 Å². The maximum Gasteiger partial charge on any atom is 0.101 e. The molecule has 274 valence electrons. The standard InChI is InChI=1S/C44H88N2/c1-4-7-10-13-16-19-21-23-24-25-27-29-32-35-38-41-46-43-42-45(44(46)39-36-33-30-18-15-12-9-6-3)40-37-34-31-28-26-22-20-17-14-11-8-5-2/h42-44H,4-41H2,1-3H3. The van der Waals surface area contributed by atoms with Gasteiger partial charge >= 0.3 is 0 Å². The lowest BCUT2D eigenvalue weighted by atomic mass is 10.0. The Morgan fingerprint density at radius 3 is 0.761 bits per heavy atom. The summed E-state index contributed by atoms with van der Waals surface area (Å²) in [4.78, 5) is 5.45. The summed E-state index contributed by atoms with van der Waals surface area (Å²) < 4.78 is 0. The summed E-state index contributed by atoms with van der Waals surface area (Å²) >= 11 is 0. The monoisotopic (exact) mass is 645 g/mol. The highest BCUT2D eigenvalue weighted by Gasteiger charge is 2.24. The van der Waals surface area contributed by atoms with Gasteiger partial charge in [0.2, 0.25) is 0 Å². The first-order chi connectivity index (χ1) is 22.8. The Hall–Kier alpha value is -0.660. The third-order valence-electron chi connectivity index (χ3n) is 10.8. The van der Waals surface area contributed by atoms with E-state index >= 15 is 0 Å². The van der Waals surface area contributed by atoms with Gasteiger partial charge in [-0.15, -0.1) is 0 Å². The molecule has 1 heterocycles. The van der Waals surface area contributed by atoms with Crippen LogP contribution in [0.1, 0.15) is 252 Å². The van der Waals surface area contributed by atoms with E-state index in [1.807, 2.05) is 0 Å². The molecule has 1 rings (SSSR count). The fraction of sp³-hybridized carbons (Fsp3) is 0.955. The molecule has 46 heavy (non-hydrogen) atoms. The summed E-state index contributed by atoms with van der Waals surface area (Å²) in [6, 6.07) is 0. The molecule has 0 fully saturated rings. The van der Waals surface area contributed by atoms with Crippen LogP contribution >= 0.6 is 0 Å². The zero-order chi connectivity index (χ0) is 33.0. The summed E-state index contributed by atoms with van der Waals surface area (Å²) in [5.74, 6) is 0. The highest BCUT2D eigenvalue weighted by Crippen LogP contribution is 2.24. The average molecular weight is 645 g/mol. The molecular formula is C44H88N2. The van der Waals surface area contributed by atoms with Gasteiger partial charge in [-0.05, 0) is 25.7 Å². The van der Waals surface area contributed by atoms with Crippen LogP contribution in [-0.2, 0) is 0 Å². The van der Waals surface area contributed by atoms with Crippen molar-refractivity contribution in [3.8, 4) is 0 Å². The quantitative estimate of drug-likeness (QED) is 0.0617. The highest BCUT2D eigenvalue weighted by molar-refractivity contribution is 4.97. The minimum atomic E-state index is 0.638. The summed E-state index contributed by atoms with van der Waals surface area (Å²) in [5, 5.41) is 0. The molecule has 2 heteroatoms. The molecule has 0 aromatic rings. The number of rotatable bonds is 38. The van der Waals surface area contributed by atoms with Crippen molar-refractivity contribution >= 4 is 0 Å². The zero-order valence-electron chi connectivity index (χ0n) is 32.5. The lowest BCUT2D eigenvalue weighted by Gasteiger charge is -2.33. The second-order valence-corrected chi connectivity index (χ2v) is 15.4. The third-order valence-corrected chi connectivity index (χ3v) is 10.8. The van der Waals surface area contributed by atoms with Gasteiger partial charge in [-0.3, -0.25) is 0 Å². The summed E-state index contributed by atoms with van der Waals surface area (Å²) in [7, 11) is 0. The molecule has 1 atom stereocenters. The van der Waals surface area contributed by atoms with Crippen molar-refractivity contribution in [1.82, 2.24) is 9.80 Å². The molecule has 0 saturated carbocycles. The van der Waals surface area contributed by atoms with Crippen LogP contribution in [0.15, 0.2) is 12.4 Å². The molecule has 1 aliphatic heterocycles. The first kappa shape index (κ1) is 43.4. The molecule has 0 radical (unpaired) electrons.